The predicted molar refractivity (Wildman–Crippen MR) is 93.7 cm³/mol. The van der Waals surface area contributed by atoms with Crippen molar-refractivity contribution < 1.29 is 0 Å². The third-order valence-corrected chi connectivity index (χ3v) is 6.72. The Morgan fingerprint density at radius 1 is 1.05 bits per heavy atom. The van der Waals surface area contributed by atoms with Gasteiger partial charge in [0, 0.05) is 16.9 Å². The van der Waals surface area contributed by atoms with Crippen molar-refractivity contribution in [2.75, 3.05) is 13.1 Å². The van der Waals surface area contributed by atoms with Gasteiger partial charge in [0.1, 0.15) is 0 Å². The Balaban J connectivity index is 1.92. The lowest BCUT2D eigenvalue weighted by Crippen LogP contribution is -2.43. The summed E-state index contributed by atoms with van der Waals surface area (Å²) in [6, 6.07) is 8.87. The van der Waals surface area contributed by atoms with Crippen molar-refractivity contribution in [2.24, 2.45) is 10.8 Å². The molecule has 1 aromatic carbocycles. The third-order valence-electron chi connectivity index (χ3n) is 6.00. The minimum absolute atomic E-state index is 0.517. The summed E-state index contributed by atoms with van der Waals surface area (Å²) in [5.41, 5.74) is 2.57. The maximum absolute atomic E-state index is 3.80. The Hall–Kier alpha value is -0.340. The van der Waals surface area contributed by atoms with Gasteiger partial charge >= 0.3 is 0 Å². The van der Waals surface area contributed by atoms with Crippen LogP contribution in [0.4, 0.5) is 0 Å². The molecular weight excluding hydrogens is 322 g/mol. The minimum atomic E-state index is 0.517. The molecule has 21 heavy (non-hydrogen) atoms. The average molecular weight is 350 g/mol. The highest BCUT2D eigenvalue weighted by Gasteiger charge is 2.43. The molecule has 2 aliphatic rings. The van der Waals surface area contributed by atoms with Crippen LogP contribution in [0.1, 0.15) is 63.9 Å². The zero-order valence-corrected chi connectivity index (χ0v) is 15.0. The molecule has 0 amide bonds. The lowest BCUT2D eigenvalue weighted by Gasteiger charge is -2.45. The molecule has 0 bridgehead atoms. The fourth-order valence-corrected chi connectivity index (χ4v) is 5.09. The Morgan fingerprint density at radius 3 is 2.67 bits per heavy atom. The van der Waals surface area contributed by atoms with Gasteiger partial charge in [0.2, 0.25) is 0 Å². The number of halogens is 1. The van der Waals surface area contributed by atoms with Gasteiger partial charge in [-0.15, -0.1) is 0 Å². The Kier molecular flexibility index (Phi) is 4.47. The van der Waals surface area contributed by atoms with E-state index in [-0.39, 0.29) is 0 Å². The third kappa shape index (κ3) is 3.22. The largest absolute Gasteiger partial charge is 0.316 e. The Labute approximate surface area is 138 Å². The molecule has 1 N–H and O–H groups in total. The molecule has 116 valence electrons. The fourth-order valence-electron chi connectivity index (χ4n) is 4.53. The van der Waals surface area contributed by atoms with Crippen LogP contribution in [0.2, 0.25) is 0 Å². The van der Waals surface area contributed by atoms with Crippen LogP contribution in [0.5, 0.6) is 0 Å². The molecule has 2 atom stereocenters. The van der Waals surface area contributed by atoms with Crippen LogP contribution in [0.3, 0.4) is 0 Å². The summed E-state index contributed by atoms with van der Waals surface area (Å²) < 4.78 is 1.29. The summed E-state index contributed by atoms with van der Waals surface area (Å²) >= 11 is 3.80. The van der Waals surface area contributed by atoms with Crippen molar-refractivity contribution >= 4 is 15.9 Å². The molecule has 1 saturated heterocycles. The molecular formula is C19H28BrN. The SMILES string of the molecule is CC1(C)CCCC2(CCNCC2c2ccccc2Br)CC1. The van der Waals surface area contributed by atoms with Crippen molar-refractivity contribution in [3.05, 3.63) is 34.3 Å². The van der Waals surface area contributed by atoms with E-state index in [1.54, 1.807) is 0 Å². The van der Waals surface area contributed by atoms with Gasteiger partial charge in [-0.25, -0.2) is 0 Å². The first-order chi connectivity index (χ1) is 10.0. The fraction of sp³-hybridized carbons (Fsp3) is 0.684. The first kappa shape index (κ1) is 15.6. The highest BCUT2D eigenvalue weighted by Crippen LogP contribution is 2.53. The summed E-state index contributed by atoms with van der Waals surface area (Å²) in [6.07, 6.45) is 8.32. The number of hydrogen-bond acceptors (Lipinski definition) is 1. The zero-order chi connectivity index (χ0) is 14.9. The summed E-state index contributed by atoms with van der Waals surface area (Å²) in [5, 5.41) is 3.65. The molecule has 1 heterocycles. The van der Waals surface area contributed by atoms with Crippen LogP contribution in [-0.2, 0) is 0 Å². The van der Waals surface area contributed by atoms with Gasteiger partial charge in [-0.3, -0.25) is 0 Å². The molecule has 2 unspecified atom stereocenters. The van der Waals surface area contributed by atoms with Gasteiger partial charge in [-0.05, 0) is 61.1 Å². The summed E-state index contributed by atoms with van der Waals surface area (Å²) in [6.45, 7) is 7.26. The van der Waals surface area contributed by atoms with Crippen LogP contribution < -0.4 is 5.32 Å². The predicted octanol–water partition coefficient (Wildman–Crippen LogP) is 5.50. The first-order valence-electron chi connectivity index (χ1n) is 8.48. The van der Waals surface area contributed by atoms with E-state index in [0.717, 1.165) is 6.54 Å². The Bertz CT molecular complexity index is 496. The lowest BCUT2D eigenvalue weighted by atomic mass is 9.63. The topological polar surface area (TPSA) is 12.0 Å². The van der Waals surface area contributed by atoms with Crippen molar-refractivity contribution in [2.45, 2.75) is 58.3 Å². The second kappa shape index (κ2) is 6.04. The van der Waals surface area contributed by atoms with Gasteiger partial charge in [0.05, 0.1) is 0 Å². The Morgan fingerprint density at radius 2 is 1.86 bits per heavy atom. The van der Waals surface area contributed by atoms with Crippen molar-refractivity contribution in [3.63, 3.8) is 0 Å². The van der Waals surface area contributed by atoms with Crippen molar-refractivity contribution in [1.29, 1.82) is 0 Å². The molecule has 1 nitrogen and oxygen atoms in total. The number of hydrogen-bond donors (Lipinski definition) is 1. The van der Waals surface area contributed by atoms with Crippen LogP contribution in [0.25, 0.3) is 0 Å². The molecule has 1 aliphatic heterocycles. The summed E-state index contributed by atoms with van der Waals surface area (Å²) in [5.74, 6) is 0.663. The van der Waals surface area contributed by atoms with Crippen LogP contribution in [0, 0.1) is 10.8 Å². The average Bonchev–Trinajstić information content (AvgIpc) is 2.60. The number of nitrogens with one attached hydrogen (secondary N) is 1. The van der Waals surface area contributed by atoms with E-state index in [2.05, 4.69) is 59.4 Å². The van der Waals surface area contributed by atoms with Crippen LogP contribution in [0.15, 0.2) is 28.7 Å². The quantitative estimate of drug-likeness (QED) is 0.705. The number of rotatable bonds is 1. The van der Waals surface area contributed by atoms with E-state index in [1.807, 2.05) is 0 Å². The second-order valence-corrected chi connectivity index (χ2v) is 8.76. The number of benzene rings is 1. The minimum Gasteiger partial charge on any atom is -0.316 e. The van der Waals surface area contributed by atoms with Gasteiger partial charge < -0.3 is 5.32 Å². The smallest absolute Gasteiger partial charge is 0.0210 e. The molecule has 0 radical (unpaired) electrons. The van der Waals surface area contributed by atoms with E-state index < -0.39 is 0 Å². The van der Waals surface area contributed by atoms with E-state index in [4.69, 9.17) is 0 Å². The van der Waals surface area contributed by atoms with E-state index in [9.17, 15) is 0 Å². The lowest BCUT2D eigenvalue weighted by molar-refractivity contribution is 0.130. The van der Waals surface area contributed by atoms with Gasteiger partial charge in [-0.2, -0.15) is 0 Å². The highest BCUT2D eigenvalue weighted by molar-refractivity contribution is 9.10. The summed E-state index contributed by atoms with van der Waals surface area (Å²) in [7, 11) is 0. The van der Waals surface area contributed by atoms with Gasteiger partial charge in [0.25, 0.3) is 0 Å². The van der Waals surface area contributed by atoms with Gasteiger partial charge in [0.15, 0.2) is 0 Å². The molecule has 0 aromatic heterocycles. The maximum Gasteiger partial charge on any atom is 0.0210 e. The van der Waals surface area contributed by atoms with Crippen LogP contribution >= 0.6 is 15.9 Å². The molecule has 2 fully saturated rings. The maximum atomic E-state index is 3.80. The summed E-state index contributed by atoms with van der Waals surface area (Å²) in [4.78, 5) is 0. The molecule has 3 rings (SSSR count). The van der Waals surface area contributed by atoms with E-state index in [0.29, 0.717) is 16.7 Å². The molecule has 2 heteroatoms. The standard InChI is InChI=1S/C19H28BrN/c1-18(2)8-5-9-19(11-10-18)12-13-21-14-16(19)15-6-3-4-7-17(15)20/h3-4,6-7,16,21H,5,8-14H2,1-2H3. The molecule has 1 aromatic rings. The van der Waals surface area contributed by atoms with Gasteiger partial charge in [-0.1, -0.05) is 54.4 Å². The number of piperidine rings is 1. The second-order valence-electron chi connectivity index (χ2n) is 7.91. The molecule has 1 spiro atoms. The first-order valence-corrected chi connectivity index (χ1v) is 9.27. The molecule has 1 aliphatic carbocycles. The van der Waals surface area contributed by atoms with Crippen LogP contribution in [-0.4, -0.2) is 13.1 Å². The normalized spacial score (nSPS) is 32.8. The zero-order valence-electron chi connectivity index (χ0n) is 13.4. The highest BCUT2D eigenvalue weighted by atomic mass is 79.9. The van der Waals surface area contributed by atoms with Crippen molar-refractivity contribution in [1.82, 2.24) is 5.32 Å². The monoisotopic (exact) mass is 349 g/mol. The van der Waals surface area contributed by atoms with E-state index >= 15 is 0 Å². The van der Waals surface area contributed by atoms with Crippen molar-refractivity contribution in [3.8, 4) is 0 Å². The van der Waals surface area contributed by atoms with E-state index in [1.165, 1.54) is 55.1 Å². The molecule has 1 saturated carbocycles.